The van der Waals surface area contributed by atoms with E-state index in [4.69, 9.17) is 5.73 Å². The average Bonchev–Trinajstić information content (AvgIpc) is 2.78. The van der Waals surface area contributed by atoms with Crippen LogP contribution in [0.4, 0.5) is 4.79 Å². The highest BCUT2D eigenvalue weighted by Crippen LogP contribution is 2.04. The first-order valence-electron chi connectivity index (χ1n) is 5.63. The summed E-state index contributed by atoms with van der Waals surface area (Å²) in [6.07, 6.45) is 3.79. The van der Waals surface area contributed by atoms with E-state index in [1.165, 1.54) is 25.9 Å². The van der Waals surface area contributed by atoms with Crippen molar-refractivity contribution in [3.63, 3.8) is 0 Å². The fourth-order valence-corrected chi connectivity index (χ4v) is 1.88. The van der Waals surface area contributed by atoms with E-state index in [9.17, 15) is 4.79 Å². The Morgan fingerprint density at radius 1 is 1.47 bits per heavy atom. The lowest BCUT2D eigenvalue weighted by molar-refractivity contribution is 0.245. The second kappa shape index (κ2) is 6.63. The molecule has 2 fully saturated rings. The lowest BCUT2D eigenvalue weighted by Crippen LogP contribution is -2.39. The summed E-state index contributed by atoms with van der Waals surface area (Å²) in [6.45, 7) is 4.47. The molecule has 0 aromatic carbocycles. The van der Waals surface area contributed by atoms with Crippen molar-refractivity contribution in [1.82, 2.24) is 15.5 Å². The normalized spacial score (nSPS) is 25.8. The number of likely N-dealkylation sites (N-methyl/N-ethyl adjacent to an activating group) is 1. The summed E-state index contributed by atoms with van der Waals surface area (Å²) < 4.78 is 0. The number of nitrogens with one attached hydrogen (secondary N) is 2. The largest absolute Gasteiger partial charge is 0.352 e. The van der Waals surface area contributed by atoms with E-state index in [2.05, 4.69) is 15.5 Å². The highest BCUT2D eigenvalue weighted by molar-refractivity contribution is 5.72. The monoisotopic (exact) mass is 214 g/mol. The molecule has 0 saturated carbocycles. The molecule has 2 heterocycles. The zero-order chi connectivity index (χ0) is 11.1. The van der Waals surface area contributed by atoms with Gasteiger partial charge < -0.3 is 21.3 Å². The van der Waals surface area contributed by atoms with Gasteiger partial charge >= 0.3 is 6.03 Å². The minimum Gasteiger partial charge on any atom is -0.352 e. The fourth-order valence-electron chi connectivity index (χ4n) is 1.88. The molecular formula is C10H22N4O. The van der Waals surface area contributed by atoms with Crippen LogP contribution >= 0.6 is 0 Å². The van der Waals surface area contributed by atoms with Gasteiger partial charge in [0.15, 0.2) is 0 Å². The van der Waals surface area contributed by atoms with Crippen molar-refractivity contribution in [3.05, 3.63) is 0 Å². The lowest BCUT2D eigenvalue weighted by Gasteiger charge is -2.09. The summed E-state index contributed by atoms with van der Waals surface area (Å²) in [5, 5.41) is 5.89. The molecule has 5 nitrogen and oxygen atoms in total. The maximum atomic E-state index is 10.4. The van der Waals surface area contributed by atoms with Gasteiger partial charge in [-0.25, -0.2) is 4.79 Å². The third-order valence-corrected chi connectivity index (χ3v) is 2.69. The Bertz CT molecular complexity index is 186. The van der Waals surface area contributed by atoms with Crippen LogP contribution in [0.1, 0.15) is 19.3 Å². The van der Waals surface area contributed by atoms with E-state index in [-0.39, 0.29) is 6.04 Å². The van der Waals surface area contributed by atoms with Crippen LogP contribution in [-0.2, 0) is 0 Å². The van der Waals surface area contributed by atoms with E-state index in [0.29, 0.717) is 0 Å². The molecule has 2 rings (SSSR count). The minimum absolute atomic E-state index is 0.266. The fraction of sp³-hybridized carbons (Fsp3) is 0.900. The van der Waals surface area contributed by atoms with Crippen LogP contribution in [-0.4, -0.2) is 50.2 Å². The summed E-state index contributed by atoms with van der Waals surface area (Å²) >= 11 is 0. The Balaban J connectivity index is 0.000000187. The smallest absolute Gasteiger partial charge is 0.312 e. The van der Waals surface area contributed by atoms with E-state index < -0.39 is 6.03 Å². The molecular weight excluding hydrogens is 192 g/mol. The van der Waals surface area contributed by atoms with Crippen molar-refractivity contribution >= 4 is 6.03 Å². The first kappa shape index (κ1) is 12.3. The highest BCUT2D eigenvalue weighted by Gasteiger charge is 2.19. The summed E-state index contributed by atoms with van der Waals surface area (Å²) in [6, 6.07) is -0.150. The van der Waals surface area contributed by atoms with Gasteiger partial charge in [-0.15, -0.1) is 0 Å². The number of nitrogens with zero attached hydrogens (tertiary/aromatic N) is 1. The lowest BCUT2D eigenvalue weighted by atomic mass is 10.3. The van der Waals surface area contributed by atoms with Crippen LogP contribution < -0.4 is 16.4 Å². The molecule has 0 aliphatic carbocycles. The molecule has 15 heavy (non-hydrogen) atoms. The predicted molar refractivity (Wildman–Crippen MR) is 60.7 cm³/mol. The van der Waals surface area contributed by atoms with Gasteiger partial charge in [0.25, 0.3) is 0 Å². The third-order valence-electron chi connectivity index (χ3n) is 2.69. The Morgan fingerprint density at radius 2 is 2.13 bits per heavy atom. The molecule has 0 aromatic rings. The molecule has 1 atom stereocenters. The van der Waals surface area contributed by atoms with Crippen molar-refractivity contribution in [2.24, 2.45) is 5.73 Å². The molecule has 4 N–H and O–H groups in total. The quantitative estimate of drug-likeness (QED) is 0.562. The van der Waals surface area contributed by atoms with Crippen molar-refractivity contribution in [2.45, 2.75) is 25.3 Å². The van der Waals surface area contributed by atoms with Gasteiger partial charge in [-0.2, -0.15) is 0 Å². The van der Waals surface area contributed by atoms with Crippen molar-refractivity contribution < 1.29 is 4.79 Å². The number of hydrogen-bond acceptors (Lipinski definition) is 3. The zero-order valence-electron chi connectivity index (χ0n) is 9.46. The van der Waals surface area contributed by atoms with Gasteiger partial charge in [-0.3, -0.25) is 0 Å². The molecule has 1 unspecified atom stereocenters. The van der Waals surface area contributed by atoms with E-state index in [1.54, 1.807) is 0 Å². The second-order valence-corrected chi connectivity index (χ2v) is 4.21. The molecule has 0 bridgehead atoms. The molecule has 88 valence electrons. The average molecular weight is 214 g/mol. The summed E-state index contributed by atoms with van der Waals surface area (Å²) in [7, 11) is 2.03. The topological polar surface area (TPSA) is 70.4 Å². The van der Waals surface area contributed by atoms with Crippen LogP contribution in [0, 0.1) is 0 Å². The van der Waals surface area contributed by atoms with Gasteiger partial charge in [0.1, 0.15) is 0 Å². The predicted octanol–water partition coefficient (Wildman–Crippen LogP) is -0.271. The number of carbonyl (C=O) groups excluding carboxylic acids is 1. The van der Waals surface area contributed by atoms with Crippen LogP contribution in [0.5, 0.6) is 0 Å². The standard InChI is InChI=1S/C6H13N3O.C4H9N/c1-9-3-2-5(4-9)8-6(7)10;1-2-4-5-3-1/h5H,2-4H2,1H3,(H3,7,8,10);5H,1-4H2. The number of primary amides is 1. The first-order chi connectivity index (χ1) is 7.18. The number of nitrogens with two attached hydrogens (primary N) is 1. The Hall–Kier alpha value is -0.810. The Morgan fingerprint density at radius 3 is 2.47 bits per heavy atom. The Labute approximate surface area is 91.4 Å². The van der Waals surface area contributed by atoms with Crippen LogP contribution in [0.15, 0.2) is 0 Å². The summed E-state index contributed by atoms with van der Waals surface area (Å²) in [4.78, 5) is 12.5. The molecule has 0 spiro atoms. The van der Waals surface area contributed by atoms with Gasteiger partial charge in [0, 0.05) is 12.6 Å². The van der Waals surface area contributed by atoms with E-state index >= 15 is 0 Å². The molecule has 0 aromatic heterocycles. The molecule has 0 radical (unpaired) electrons. The SMILES string of the molecule is C1CCNC1.CN1CCC(NC(N)=O)C1. The number of urea groups is 1. The molecule has 2 saturated heterocycles. The van der Waals surface area contributed by atoms with Crippen molar-refractivity contribution in [3.8, 4) is 0 Å². The third kappa shape index (κ3) is 5.59. The van der Waals surface area contributed by atoms with Gasteiger partial charge in [0.2, 0.25) is 0 Å². The van der Waals surface area contributed by atoms with Gasteiger partial charge in [-0.1, -0.05) is 0 Å². The summed E-state index contributed by atoms with van der Waals surface area (Å²) in [5.74, 6) is 0. The number of carbonyl (C=O) groups is 1. The van der Waals surface area contributed by atoms with Crippen molar-refractivity contribution in [1.29, 1.82) is 0 Å². The number of amides is 2. The molecule has 5 heteroatoms. The van der Waals surface area contributed by atoms with Crippen LogP contribution in [0.25, 0.3) is 0 Å². The number of likely N-dealkylation sites (tertiary alicyclic amines) is 1. The maximum absolute atomic E-state index is 10.4. The molecule has 2 aliphatic heterocycles. The molecule has 2 amide bonds. The van der Waals surface area contributed by atoms with Gasteiger partial charge in [-0.05, 0) is 45.9 Å². The van der Waals surface area contributed by atoms with Crippen LogP contribution in [0.3, 0.4) is 0 Å². The molecule has 2 aliphatic rings. The van der Waals surface area contributed by atoms with E-state index in [1.807, 2.05) is 7.05 Å². The maximum Gasteiger partial charge on any atom is 0.312 e. The summed E-state index contributed by atoms with van der Waals surface area (Å²) in [5.41, 5.74) is 4.95. The minimum atomic E-state index is -0.416. The highest BCUT2D eigenvalue weighted by atomic mass is 16.2. The first-order valence-corrected chi connectivity index (χ1v) is 5.63. The number of hydrogen-bond donors (Lipinski definition) is 3. The zero-order valence-corrected chi connectivity index (χ0v) is 9.46. The number of rotatable bonds is 1. The Kier molecular flexibility index (Phi) is 5.42. The van der Waals surface area contributed by atoms with E-state index in [0.717, 1.165) is 19.5 Å². The second-order valence-electron chi connectivity index (χ2n) is 4.21. The van der Waals surface area contributed by atoms with Crippen molar-refractivity contribution in [2.75, 3.05) is 33.2 Å². The van der Waals surface area contributed by atoms with Crippen LogP contribution in [0.2, 0.25) is 0 Å². The van der Waals surface area contributed by atoms with Gasteiger partial charge in [0.05, 0.1) is 0 Å².